The van der Waals surface area contributed by atoms with E-state index < -0.39 is 0 Å². The Balaban J connectivity index is 1.22. The van der Waals surface area contributed by atoms with Gasteiger partial charge in [-0.1, -0.05) is 250 Å². The lowest BCUT2D eigenvalue weighted by molar-refractivity contribution is 0.0602. The van der Waals surface area contributed by atoms with Crippen molar-refractivity contribution in [2.75, 3.05) is 4.90 Å². The first-order valence-corrected chi connectivity index (χ1v) is 31.1. The van der Waals surface area contributed by atoms with Crippen molar-refractivity contribution in [3.8, 4) is 11.1 Å². The van der Waals surface area contributed by atoms with E-state index in [1.165, 1.54) is 131 Å². The average molecular weight is 1080 g/mol. The Morgan fingerprint density at radius 1 is 0.463 bits per heavy atom. The van der Waals surface area contributed by atoms with Crippen molar-refractivity contribution in [1.82, 2.24) is 0 Å². The molecule has 3 heterocycles. The van der Waals surface area contributed by atoms with Gasteiger partial charge in [0.1, 0.15) is 11.2 Å². The number of rotatable bonds is 5. The number of furan rings is 1. The maximum atomic E-state index is 7.23. The maximum Gasteiger partial charge on any atom is 0.242 e. The number of benzene rings is 8. The largest absolute Gasteiger partial charge is 0.456 e. The summed E-state index contributed by atoms with van der Waals surface area (Å²) in [6.07, 6.45) is 6.18. The zero-order valence-electron chi connectivity index (χ0n) is 52.6. The molecule has 3 heteroatoms. The normalized spacial score (nSPS) is 20.6. The van der Waals surface area contributed by atoms with Crippen LogP contribution in [0.3, 0.4) is 0 Å². The molecule has 13 rings (SSSR count). The molecule has 1 saturated carbocycles. The molecule has 1 fully saturated rings. The molecule has 0 bridgehead atoms. The fraction of sp³-hybridized carbons (Fsp3) is 0.392. The van der Waals surface area contributed by atoms with Gasteiger partial charge >= 0.3 is 0 Å². The number of fused-ring (bicyclic) bond motifs is 10. The van der Waals surface area contributed by atoms with Gasteiger partial charge in [0.15, 0.2) is 0 Å². The fourth-order valence-electron chi connectivity index (χ4n) is 15.7. The molecule has 8 aromatic carbocycles. The van der Waals surface area contributed by atoms with Crippen molar-refractivity contribution in [3.05, 3.63) is 213 Å². The first kappa shape index (κ1) is 54.7. The molecule has 418 valence electrons. The van der Waals surface area contributed by atoms with Crippen molar-refractivity contribution < 1.29 is 4.42 Å². The Morgan fingerprint density at radius 3 is 1.63 bits per heavy atom. The molecule has 4 aliphatic rings. The predicted octanol–water partition coefficient (Wildman–Crippen LogP) is 19.9. The van der Waals surface area contributed by atoms with E-state index in [-0.39, 0.29) is 56.5 Å². The molecule has 2 aliphatic carbocycles. The van der Waals surface area contributed by atoms with Crippen molar-refractivity contribution in [2.24, 2.45) is 5.41 Å². The molecule has 2 aliphatic heterocycles. The second-order valence-electron chi connectivity index (χ2n) is 31.4. The average Bonchev–Trinajstić information content (AvgIpc) is 1.17. The molecule has 1 aromatic heterocycles. The third-order valence-electron chi connectivity index (χ3n) is 20.9. The molecule has 4 unspecified atom stereocenters. The van der Waals surface area contributed by atoms with Gasteiger partial charge in [0, 0.05) is 39.7 Å². The van der Waals surface area contributed by atoms with E-state index in [4.69, 9.17) is 4.42 Å². The minimum absolute atomic E-state index is 0.0111. The number of hydrogen-bond acceptors (Lipinski definition) is 2. The van der Waals surface area contributed by atoms with E-state index in [9.17, 15) is 0 Å². The van der Waals surface area contributed by atoms with Crippen LogP contribution in [0.15, 0.2) is 156 Å². The monoisotopic (exact) mass is 1080 g/mol. The third kappa shape index (κ3) is 8.62. The standard InChI is InChI=1S/C79H88BNO/c1-73(2,3)49-25-31-54(32-26-49)81(55-33-27-50(28-34-55)74(4,5)6)56-45-60-62-47-78(16)39-21-22-40-79(78,17)63-42-53(77(13,14)15)43-65(69(62)63)80-64-37-38-66-70(58-36-30-52(76(10,11)12)44-67(58)82-66)71(64)68(61(46-56)72(60)80)57-35-29-51(75(7,8)9)41-59(57)48-23-19-18-20-24-48/h18-20,23-38,41-46,62,68H,21-22,39-40,47H2,1-17H3. The van der Waals surface area contributed by atoms with Crippen LogP contribution >= 0.6 is 0 Å². The molecule has 0 radical (unpaired) electrons. The van der Waals surface area contributed by atoms with Gasteiger partial charge in [-0.3, -0.25) is 0 Å². The Kier molecular flexibility index (Phi) is 12.3. The van der Waals surface area contributed by atoms with Gasteiger partial charge in [0.2, 0.25) is 6.71 Å². The Hall–Kier alpha value is -6.58. The highest BCUT2D eigenvalue weighted by atomic mass is 16.3. The Morgan fingerprint density at radius 2 is 1.02 bits per heavy atom. The van der Waals surface area contributed by atoms with Crippen LogP contribution < -0.4 is 21.3 Å². The van der Waals surface area contributed by atoms with Crippen LogP contribution in [-0.4, -0.2) is 6.71 Å². The summed E-state index contributed by atoms with van der Waals surface area (Å²) in [5.41, 5.74) is 28.2. The van der Waals surface area contributed by atoms with Gasteiger partial charge in [0.25, 0.3) is 0 Å². The minimum atomic E-state index is -0.143. The second kappa shape index (κ2) is 18.5. The SMILES string of the molecule is CC(C)(C)c1ccc(N(c2ccc(C(C)(C)C)cc2)c2cc3c4c(c2)C(c2ccc(C(C)(C)C)cc2-c2ccccc2)c2c(ccc5oc6cc(C(C)(C)C)ccc6c25)B4c2cc(C(C)(C)C)cc4c2C3CC2(C)CCCCC42C)cc1. The first-order valence-electron chi connectivity index (χ1n) is 31.1. The van der Waals surface area contributed by atoms with Gasteiger partial charge in [-0.15, -0.1) is 0 Å². The lowest BCUT2D eigenvalue weighted by Crippen LogP contribution is -2.65. The van der Waals surface area contributed by atoms with Gasteiger partial charge in [-0.05, 0) is 178 Å². The summed E-state index contributed by atoms with van der Waals surface area (Å²) in [5.74, 6) is 0.0807. The van der Waals surface area contributed by atoms with Crippen molar-refractivity contribution in [3.63, 3.8) is 0 Å². The van der Waals surface area contributed by atoms with Crippen molar-refractivity contribution in [1.29, 1.82) is 0 Å². The third-order valence-corrected chi connectivity index (χ3v) is 20.9. The smallest absolute Gasteiger partial charge is 0.242 e. The fourth-order valence-corrected chi connectivity index (χ4v) is 15.7. The molecule has 0 amide bonds. The van der Waals surface area contributed by atoms with E-state index in [0.717, 1.165) is 17.6 Å². The van der Waals surface area contributed by atoms with Gasteiger partial charge < -0.3 is 9.32 Å². The van der Waals surface area contributed by atoms with Crippen LogP contribution in [0, 0.1) is 5.41 Å². The number of nitrogens with zero attached hydrogens (tertiary/aromatic N) is 1. The first-order chi connectivity index (χ1) is 38.5. The van der Waals surface area contributed by atoms with Crippen LogP contribution in [-0.2, 0) is 32.5 Å². The van der Waals surface area contributed by atoms with Crippen molar-refractivity contribution >= 4 is 62.1 Å². The molecule has 0 saturated heterocycles. The van der Waals surface area contributed by atoms with Crippen LogP contribution in [0.5, 0.6) is 0 Å². The molecule has 9 aromatic rings. The number of hydrogen-bond donors (Lipinski definition) is 0. The van der Waals surface area contributed by atoms with E-state index >= 15 is 0 Å². The van der Waals surface area contributed by atoms with Gasteiger partial charge in [0.05, 0.1) is 0 Å². The van der Waals surface area contributed by atoms with Crippen LogP contribution in [0.2, 0.25) is 0 Å². The van der Waals surface area contributed by atoms with Gasteiger partial charge in [-0.2, -0.15) is 0 Å². The summed E-state index contributed by atoms with van der Waals surface area (Å²) in [7, 11) is 0. The molecular weight excluding hydrogens is 990 g/mol. The lowest BCUT2D eigenvalue weighted by Gasteiger charge is -2.59. The molecule has 82 heavy (non-hydrogen) atoms. The minimum Gasteiger partial charge on any atom is -0.456 e. The quantitative estimate of drug-likeness (QED) is 0.160. The molecule has 2 nitrogen and oxygen atoms in total. The summed E-state index contributed by atoms with van der Waals surface area (Å²) >= 11 is 0. The summed E-state index contributed by atoms with van der Waals surface area (Å²) in [4.78, 5) is 2.61. The maximum absolute atomic E-state index is 7.23. The van der Waals surface area contributed by atoms with Crippen LogP contribution in [0.25, 0.3) is 33.1 Å². The molecule has 0 spiro atoms. The summed E-state index contributed by atoms with van der Waals surface area (Å²) in [6.45, 7) is 40.7. The van der Waals surface area contributed by atoms with Crippen molar-refractivity contribution in [2.45, 2.75) is 194 Å². The predicted molar refractivity (Wildman–Crippen MR) is 353 cm³/mol. The molecular formula is C79H88BNO. The van der Waals surface area contributed by atoms with E-state index in [1.807, 2.05) is 0 Å². The van der Waals surface area contributed by atoms with Crippen LogP contribution in [0.4, 0.5) is 17.1 Å². The Bertz CT molecular complexity index is 3950. The van der Waals surface area contributed by atoms with Gasteiger partial charge in [-0.25, -0.2) is 0 Å². The lowest BCUT2D eigenvalue weighted by atomic mass is 9.27. The summed E-state index contributed by atoms with van der Waals surface area (Å²) < 4.78 is 7.23. The summed E-state index contributed by atoms with van der Waals surface area (Å²) in [5, 5.41) is 2.44. The summed E-state index contributed by atoms with van der Waals surface area (Å²) in [6, 6.07) is 60.6. The Labute approximate surface area is 492 Å². The molecule has 0 N–H and O–H groups in total. The topological polar surface area (TPSA) is 16.4 Å². The van der Waals surface area contributed by atoms with Crippen LogP contribution in [0.1, 0.15) is 223 Å². The second-order valence-corrected chi connectivity index (χ2v) is 31.4. The highest BCUT2D eigenvalue weighted by Crippen LogP contribution is 2.63. The van der Waals surface area contributed by atoms with E-state index in [2.05, 4.69) is 274 Å². The van der Waals surface area contributed by atoms with E-state index in [1.54, 1.807) is 11.1 Å². The van der Waals surface area contributed by atoms with E-state index in [0.29, 0.717) is 0 Å². The zero-order valence-corrected chi connectivity index (χ0v) is 52.6. The molecule has 4 atom stereocenters. The zero-order chi connectivity index (χ0) is 58.0. The number of anilines is 3. The highest BCUT2D eigenvalue weighted by Gasteiger charge is 2.57. The highest BCUT2D eigenvalue weighted by molar-refractivity contribution is 6.97.